The minimum Gasteiger partial charge on any atom is -0.320 e. The third kappa shape index (κ3) is 2.55. The van der Waals surface area contributed by atoms with E-state index in [9.17, 15) is 8.78 Å². The summed E-state index contributed by atoms with van der Waals surface area (Å²) < 4.78 is 27.2. The van der Waals surface area contributed by atoms with Gasteiger partial charge in [-0.05, 0) is 39.7 Å². The van der Waals surface area contributed by atoms with Crippen molar-refractivity contribution in [2.75, 3.05) is 0 Å². The summed E-state index contributed by atoms with van der Waals surface area (Å²) in [5.74, 6) is -0.928. The van der Waals surface area contributed by atoms with Gasteiger partial charge in [0.15, 0.2) is 0 Å². The summed E-state index contributed by atoms with van der Waals surface area (Å²) in [4.78, 5) is 0. The molecule has 0 aliphatic heterocycles. The molecule has 0 heterocycles. The summed E-state index contributed by atoms with van der Waals surface area (Å²) >= 11 is 8.93. The fraction of sp³-hybridized carbons (Fsp3) is 0.0769. The van der Waals surface area contributed by atoms with Gasteiger partial charge in [-0.25, -0.2) is 8.78 Å². The van der Waals surface area contributed by atoms with Crippen molar-refractivity contribution in [3.05, 3.63) is 68.7 Å². The van der Waals surface area contributed by atoms with Gasteiger partial charge in [0.1, 0.15) is 11.6 Å². The first-order chi connectivity index (χ1) is 8.50. The third-order valence-corrected chi connectivity index (χ3v) is 3.89. The summed E-state index contributed by atoms with van der Waals surface area (Å²) in [6, 6.07) is 8.12. The average molecular weight is 333 g/mol. The van der Waals surface area contributed by atoms with Crippen molar-refractivity contribution in [3.63, 3.8) is 0 Å². The van der Waals surface area contributed by atoms with Crippen molar-refractivity contribution in [2.24, 2.45) is 5.73 Å². The molecule has 2 rings (SSSR count). The van der Waals surface area contributed by atoms with Crippen LogP contribution in [0.15, 0.2) is 40.9 Å². The lowest BCUT2D eigenvalue weighted by Crippen LogP contribution is -2.14. The van der Waals surface area contributed by atoms with E-state index in [1.807, 2.05) is 0 Å². The fourth-order valence-electron chi connectivity index (χ4n) is 1.63. The van der Waals surface area contributed by atoms with Gasteiger partial charge in [0, 0.05) is 10.0 Å². The van der Waals surface area contributed by atoms with Gasteiger partial charge < -0.3 is 5.73 Å². The molecule has 1 unspecified atom stereocenters. The molecule has 0 amide bonds. The number of nitrogens with two attached hydrogens (primary N) is 1. The summed E-state index contributed by atoms with van der Waals surface area (Å²) in [7, 11) is 0. The second kappa shape index (κ2) is 5.34. The van der Waals surface area contributed by atoms with E-state index in [4.69, 9.17) is 17.3 Å². The molecule has 2 aromatic carbocycles. The molecule has 1 atom stereocenters. The van der Waals surface area contributed by atoms with Crippen LogP contribution in [0, 0.1) is 11.6 Å². The van der Waals surface area contributed by atoms with Gasteiger partial charge in [-0.1, -0.05) is 29.8 Å². The Hall–Kier alpha value is -0.970. The van der Waals surface area contributed by atoms with Crippen molar-refractivity contribution >= 4 is 27.5 Å². The molecule has 2 N–H and O–H groups in total. The van der Waals surface area contributed by atoms with Crippen molar-refractivity contribution in [3.8, 4) is 0 Å². The third-order valence-electron chi connectivity index (χ3n) is 2.63. The number of hydrogen-bond acceptors (Lipinski definition) is 1. The van der Waals surface area contributed by atoms with Crippen LogP contribution in [0.25, 0.3) is 0 Å². The topological polar surface area (TPSA) is 26.0 Å². The zero-order chi connectivity index (χ0) is 13.3. The quantitative estimate of drug-likeness (QED) is 0.809. The molecule has 1 nitrogen and oxygen atoms in total. The highest BCUT2D eigenvalue weighted by Crippen LogP contribution is 2.31. The van der Waals surface area contributed by atoms with Gasteiger partial charge in [-0.2, -0.15) is 0 Å². The molecular weight excluding hydrogens is 324 g/mol. The maximum Gasteiger partial charge on any atom is 0.148 e. The lowest BCUT2D eigenvalue weighted by molar-refractivity contribution is 0.598. The van der Waals surface area contributed by atoms with E-state index in [2.05, 4.69) is 15.9 Å². The van der Waals surface area contributed by atoms with Crippen LogP contribution in [-0.2, 0) is 0 Å². The molecule has 0 radical (unpaired) electrons. The van der Waals surface area contributed by atoms with Crippen LogP contribution in [0.2, 0.25) is 5.02 Å². The van der Waals surface area contributed by atoms with Gasteiger partial charge in [-0.3, -0.25) is 0 Å². The number of halogens is 4. The molecule has 0 bridgehead atoms. The predicted octanol–water partition coefficient (Wildman–Crippen LogP) is 4.43. The Morgan fingerprint density at radius 3 is 2.28 bits per heavy atom. The Kier molecular flexibility index (Phi) is 4.00. The Labute approximate surface area is 117 Å². The largest absolute Gasteiger partial charge is 0.320 e. The monoisotopic (exact) mass is 331 g/mol. The van der Waals surface area contributed by atoms with Crippen LogP contribution in [0.5, 0.6) is 0 Å². The summed E-state index contributed by atoms with van der Waals surface area (Å²) in [5.41, 5.74) is 6.84. The Balaban J connectivity index is 2.43. The van der Waals surface area contributed by atoms with Crippen molar-refractivity contribution < 1.29 is 8.78 Å². The van der Waals surface area contributed by atoms with Crippen LogP contribution in [0.1, 0.15) is 17.2 Å². The highest BCUT2D eigenvalue weighted by molar-refractivity contribution is 9.10. The molecule has 0 saturated heterocycles. The molecule has 0 fully saturated rings. The van der Waals surface area contributed by atoms with Gasteiger partial charge in [0.2, 0.25) is 0 Å². The lowest BCUT2D eigenvalue weighted by atomic mass is 9.99. The zero-order valence-corrected chi connectivity index (χ0v) is 11.5. The first-order valence-corrected chi connectivity index (χ1v) is 6.32. The number of rotatable bonds is 2. The number of benzene rings is 2. The standard InChI is InChI=1S/C13H9BrClF2N/c14-10-6-5-9(12(17)11(10)15)13(18)7-1-3-8(16)4-2-7/h1-6,13H,18H2. The predicted molar refractivity (Wildman–Crippen MR) is 71.5 cm³/mol. The second-order valence-corrected chi connectivity index (χ2v) is 5.03. The van der Waals surface area contributed by atoms with E-state index in [1.165, 1.54) is 24.3 Å². The van der Waals surface area contributed by atoms with E-state index in [-0.39, 0.29) is 16.4 Å². The highest BCUT2D eigenvalue weighted by Gasteiger charge is 2.17. The summed E-state index contributed by atoms with van der Waals surface area (Å²) in [6.45, 7) is 0. The van der Waals surface area contributed by atoms with Gasteiger partial charge >= 0.3 is 0 Å². The minimum atomic E-state index is -0.684. The van der Waals surface area contributed by atoms with Crippen molar-refractivity contribution in [1.82, 2.24) is 0 Å². The van der Waals surface area contributed by atoms with E-state index < -0.39 is 11.9 Å². The lowest BCUT2D eigenvalue weighted by Gasteiger charge is -2.14. The highest BCUT2D eigenvalue weighted by atomic mass is 79.9. The Morgan fingerprint density at radius 2 is 1.67 bits per heavy atom. The van der Waals surface area contributed by atoms with Crippen molar-refractivity contribution in [1.29, 1.82) is 0 Å². The molecule has 5 heteroatoms. The van der Waals surface area contributed by atoms with Gasteiger partial charge in [-0.15, -0.1) is 0 Å². The Morgan fingerprint density at radius 1 is 1.06 bits per heavy atom. The molecule has 0 aliphatic carbocycles. The Bertz CT molecular complexity index is 572. The molecule has 0 saturated carbocycles. The minimum absolute atomic E-state index is 0.00920. The maximum absolute atomic E-state index is 14.0. The van der Waals surface area contributed by atoms with E-state index in [0.29, 0.717) is 10.0 Å². The van der Waals surface area contributed by atoms with Crippen LogP contribution < -0.4 is 5.73 Å². The molecule has 0 aromatic heterocycles. The molecule has 2 aromatic rings. The SMILES string of the molecule is NC(c1ccc(F)cc1)c1ccc(Br)c(Cl)c1F. The molecule has 0 spiro atoms. The molecule has 0 aliphatic rings. The molecule has 94 valence electrons. The smallest absolute Gasteiger partial charge is 0.148 e. The molecule has 18 heavy (non-hydrogen) atoms. The normalized spacial score (nSPS) is 12.5. The summed E-state index contributed by atoms with van der Waals surface area (Å²) in [5, 5.41) is -0.00920. The summed E-state index contributed by atoms with van der Waals surface area (Å²) in [6.07, 6.45) is 0. The maximum atomic E-state index is 14.0. The van der Waals surface area contributed by atoms with Crippen molar-refractivity contribution in [2.45, 2.75) is 6.04 Å². The fourth-order valence-corrected chi connectivity index (χ4v) is 2.11. The van der Waals surface area contributed by atoms with E-state index in [0.717, 1.165) is 0 Å². The van der Waals surface area contributed by atoms with Crippen LogP contribution in [-0.4, -0.2) is 0 Å². The van der Waals surface area contributed by atoms with Crippen LogP contribution >= 0.6 is 27.5 Å². The second-order valence-electron chi connectivity index (χ2n) is 3.79. The van der Waals surface area contributed by atoms with Crippen LogP contribution in [0.4, 0.5) is 8.78 Å². The molecular formula is C13H9BrClF2N. The first kappa shape index (κ1) is 13.5. The average Bonchev–Trinajstić information content (AvgIpc) is 2.36. The van der Waals surface area contributed by atoms with Gasteiger partial charge in [0.05, 0.1) is 11.1 Å². The first-order valence-electron chi connectivity index (χ1n) is 5.15. The van der Waals surface area contributed by atoms with E-state index >= 15 is 0 Å². The van der Waals surface area contributed by atoms with E-state index in [1.54, 1.807) is 12.1 Å². The zero-order valence-electron chi connectivity index (χ0n) is 9.13. The van der Waals surface area contributed by atoms with Crippen LogP contribution in [0.3, 0.4) is 0 Å². The van der Waals surface area contributed by atoms with Gasteiger partial charge in [0.25, 0.3) is 0 Å². The number of hydrogen-bond donors (Lipinski definition) is 1.